The maximum absolute atomic E-state index is 11.9. The van der Waals surface area contributed by atoms with Gasteiger partial charge in [-0.3, -0.25) is 4.57 Å². The Hall–Kier alpha value is 0.370. The second kappa shape index (κ2) is 8.66. The Morgan fingerprint density at radius 3 is 2.21 bits per heavy atom. The van der Waals surface area contributed by atoms with E-state index >= 15 is 0 Å². The summed E-state index contributed by atoms with van der Waals surface area (Å²) in [5, 5.41) is 0.914. The second-order valence-electron chi connectivity index (χ2n) is 2.58. The average Bonchev–Trinajstić information content (AvgIpc) is 2.13. The van der Waals surface area contributed by atoms with Crippen LogP contribution in [-0.2, 0) is 13.6 Å². The number of hydrogen-bond donors (Lipinski definition) is 0. The normalized spacial score (nSPS) is 12.5. The molecular weight excluding hydrogens is 267 g/mol. The first kappa shape index (κ1) is 14.4. The van der Waals surface area contributed by atoms with E-state index in [4.69, 9.17) is 9.05 Å². The van der Waals surface area contributed by atoms with Crippen molar-refractivity contribution < 1.29 is 13.6 Å². The summed E-state index contributed by atoms with van der Waals surface area (Å²) < 4.78 is 22.1. The fourth-order valence-corrected chi connectivity index (χ4v) is 2.66. The number of alkyl halides is 1. The van der Waals surface area contributed by atoms with Gasteiger partial charge in [-0.15, -0.1) is 0 Å². The Balaban J connectivity index is 4.01. The molecule has 3 nitrogen and oxygen atoms in total. The molecular formula is C9H18BrO3P. The fraction of sp³-hybridized carbons (Fsp3) is 0.778. The maximum atomic E-state index is 11.9. The molecule has 14 heavy (non-hydrogen) atoms. The first-order chi connectivity index (χ1) is 6.68. The summed E-state index contributed by atoms with van der Waals surface area (Å²) in [6.07, 6.45) is 5.12. The molecule has 0 rings (SSSR count). The Labute approximate surface area is 94.5 Å². The largest absolute Gasteiger partial charge is 0.334 e. The molecule has 0 N–H and O–H groups in total. The highest BCUT2D eigenvalue weighted by Crippen LogP contribution is 2.47. The van der Waals surface area contributed by atoms with Crippen LogP contribution in [0.1, 0.15) is 20.3 Å². The van der Waals surface area contributed by atoms with Gasteiger partial charge in [0.15, 0.2) is 0 Å². The second-order valence-corrected chi connectivity index (χ2v) is 5.47. The summed E-state index contributed by atoms with van der Waals surface area (Å²) >= 11 is 3.31. The number of rotatable bonds is 8. The van der Waals surface area contributed by atoms with Gasteiger partial charge in [-0.25, -0.2) is 0 Å². The fourth-order valence-electron chi connectivity index (χ4n) is 0.921. The van der Waals surface area contributed by atoms with Gasteiger partial charge in [-0.1, -0.05) is 28.1 Å². The van der Waals surface area contributed by atoms with Gasteiger partial charge in [0.25, 0.3) is 0 Å². The van der Waals surface area contributed by atoms with Crippen LogP contribution in [0.15, 0.2) is 12.2 Å². The maximum Gasteiger partial charge on any atom is 0.334 e. The van der Waals surface area contributed by atoms with E-state index in [-0.39, 0.29) is 0 Å². The highest BCUT2D eigenvalue weighted by Gasteiger charge is 2.20. The minimum absolute atomic E-state index is 0.363. The molecule has 0 aliphatic carbocycles. The lowest BCUT2D eigenvalue weighted by Crippen LogP contribution is -1.98. The van der Waals surface area contributed by atoms with E-state index in [2.05, 4.69) is 15.9 Å². The molecule has 0 saturated carbocycles. The van der Waals surface area contributed by atoms with E-state index in [1.165, 1.54) is 0 Å². The van der Waals surface area contributed by atoms with Crippen molar-refractivity contribution in [3.05, 3.63) is 12.2 Å². The lowest BCUT2D eigenvalue weighted by atomic mass is 10.4. The molecule has 0 heterocycles. The monoisotopic (exact) mass is 284 g/mol. The van der Waals surface area contributed by atoms with E-state index < -0.39 is 7.60 Å². The van der Waals surface area contributed by atoms with Crippen LogP contribution in [-0.4, -0.2) is 24.7 Å². The van der Waals surface area contributed by atoms with Gasteiger partial charge in [0.05, 0.1) is 19.4 Å². The molecule has 0 radical (unpaired) electrons. The molecule has 84 valence electrons. The quantitative estimate of drug-likeness (QED) is 0.388. The van der Waals surface area contributed by atoms with E-state index in [1.54, 1.807) is 0 Å². The van der Waals surface area contributed by atoms with Crippen molar-refractivity contribution in [2.75, 3.05) is 24.7 Å². The van der Waals surface area contributed by atoms with Crippen molar-refractivity contribution in [1.29, 1.82) is 0 Å². The predicted octanol–water partition coefficient (Wildman–Crippen LogP) is 3.59. The summed E-state index contributed by atoms with van der Waals surface area (Å²) in [4.78, 5) is 0. The minimum Gasteiger partial charge on any atom is -0.309 e. The highest BCUT2D eigenvalue weighted by molar-refractivity contribution is 9.09. The zero-order valence-corrected chi connectivity index (χ0v) is 11.2. The van der Waals surface area contributed by atoms with Gasteiger partial charge >= 0.3 is 7.60 Å². The number of allylic oxidation sites excluding steroid dienone is 2. The van der Waals surface area contributed by atoms with E-state index in [1.807, 2.05) is 26.0 Å². The number of hydrogen-bond acceptors (Lipinski definition) is 3. The highest BCUT2D eigenvalue weighted by atomic mass is 79.9. The van der Waals surface area contributed by atoms with Crippen LogP contribution < -0.4 is 0 Å². The van der Waals surface area contributed by atoms with Crippen molar-refractivity contribution in [2.45, 2.75) is 20.3 Å². The topological polar surface area (TPSA) is 35.5 Å². The average molecular weight is 285 g/mol. The van der Waals surface area contributed by atoms with Crippen molar-refractivity contribution in [1.82, 2.24) is 0 Å². The number of halogens is 1. The van der Waals surface area contributed by atoms with E-state index in [9.17, 15) is 4.57 Å². The standard InChI is InChI=1S/C9H18BrO3P/c1-3-12-14(11,13-4-2)9-7-5-6-8-10/h5,7H,3-4,6,8-9H2,1-2H3. The molecule has 0 aliphatic heterocycles. The van der Waals surface area contributed by atoms with Gasteiger partial charge in [-0.2, -0.15) is 0 Å². The third-order valence-corrected chi connectivity index (χ3v) is 3.84. The minimum atomic E-state index is -2.86. The zero-order valence-electron chi connectivity index (χ0n) is 8.74. The molecule has 5 heteroatoms. The first-order valence-electron chi connectivity index (χ1n) is 4.77. The Kier molecular flexibility index (Phi) is 8.89. The van der Waals surface area contributed by atoms with Crippen molar-refractivity contribution in [3.8, 4) is 0 Å². The van der Waals surface area contributed by atoms with Crippen molar-refractivity contribution in [3.63, 3.8) is 0 Å². The molecule has 0 unspecified atom stereocenters. The zero-order chi connectivity index (χ0) is 10.9. The van der Waals surface area contributed by atoms with Crippen LogP contribution in [0.25, 0.3) is 0 Å². The molecule has 0 amide bonds. The molecule has 0 spiro atoms. The smallest absolute Gasteiger partial charge is 0.309 e. The summed E-state index contributed by atoms with van der Waals surface area (Å²) in [5.74, 6) is 0. The van der Waals surface area contributed by atoms with Gasteiger partial charge in [0, 0.05) is 5.33 Å². The lowest BCUT2D eigenvalue weighted by molar-refractivity contribution is 0.222. The Bertz CT molecular complexity index is 196. The van der Waals surface area contributed by atoms with Crippen LogP contribution in [0, 0.1) is 0 Å². The van der Waals surface area contributed by atoms with E-state index in [0.29, 0.717) is 19.4 Å². The molecule has 0 aromatic rings. The van der Waals surface area contributed by atoms with Gasteiger partial charge in [0.2, 0.25) is 0 Å². The summed E-state index contributed by atoms with van der Waals surface area (Å²) in [6.45, 7) is 4.47. The summed E-state index contributed by atoms with van der Waals surface area (Å²) in [6, 6.07) is 0. The SMILES string of the molecule is CCOP(=O)(CC=CCCBr)OCC. The van der Waals surface area contributed by atoms with Crippen LogP contribution >= 0.6 is 23.5 Å². The summed E-state index contributed by atoms with van der Waals surface area (Å²) in [7, 11) is -2.86. The molecule has 0 atom stereocenters. The Morgan fingerprint density at radius 1 is 1.21 bits per heavy atom. The van der Waals surface area contributed by atoms with Gasteiger partial charge in [-0.05, 0) is 20.3 Å². The van der Waals surface area contributed by atoms with Crippen LogP contribution in [0.3, 0.4) is 0 Å². The van der Waals surface area contributed by atoms with E-state index in [0.717, 1.165) is 11.8 Å². The van der Waals surface area contributed by atoms with Gasteiger partial charge < -0.3 is 9.05 Å². The molecule has 0 saturated heterocycles. The Morgan fingerprint density at radius 2 is 1.79 bits per heavy atom. The molecule has 0 fully saturated rings. The summed E-state index contributed by atoms with van der Waals surface area (Å²) in [5.41, 5.74) is 0. The lowest BCUT2D eigenvalue weighted by Gasteiger charge is -2.14. The van der Waals surface area contributed by atoms with Crippen molar-refractivity contribution >= 4 is 23.5 Å². The third-order valence-electron chi connectivity index (χ3n) is 1.42. The van der Waals surface area contributed by atoms with Gasteiger partial charge in [0.1, 0.15) is 0 Å². The first-order valence-corrected chi connectivity index (χ1v) is 7.62. The predicted molar refractivity (Wildman–Crippen MR) is 63.3 cm³/mol. The molecule has 0 aliphatic rings. The van der Waals surface area contributed by atoms with Crippen LogP contribution in [0.2, 0.25) is 0 Å². The molecule has 0 bridgehead atoms. The molecule has 0 aromatic heterocycles. The molecule has 0 aromatic carbocycles. The third kappa shape index (κ3) is 6.77. The van der Waals surface area contributed by atoms with Crippen molar-refractivity contribution in [2.24, 2.45) is 0 Å². The van der Waals surface area contributed by atoms with Crippen LogP contribution in [0.4, 0.5) is 0 Å². The van der Waals surface area contributed by atoms with Crippen LogP contribution in [0.5, 0.6) is 0 Å².